The summed E-state index contributed by atoms with van der Waals surface area (Å²) in [5.41, 5.74) is 1.12. The number of nitrogens with zero attached hydrogens (tertiary/aromatic N) is 3. The van der Waals surface area contributed by atoms with E-state index < -0.39 is 0 Å². The van der Waals surface area contributed by atoms with Gasteiger partial charge in [-0.05, 0) is 44.4 Å². The van der Waals surface area contributed by atoms with Gasteiger partial charge in [0, 0.05) is 32.3 Å². The van der Waals surface area contributed by atoms with E-state index in [1.165, 1.54) is 0 Å². The summed E-state index contributed by atoms with van der Waals surface area (Å²) in [5.74, 6) is 0.297. The van der Waals surface area contributed by atoms with Crippen molar-refractivity contribution in [2.24, 2.45) is 0 Å². The molecule has 3 rings (SSSR count). The lowest BCUT2D eigenvalue weighted by Crippen LogP contribution is -2.62. The third kappa shape index (κ3) is 3.07. The minimum atomic E-state index is 0.0105. The van der Waals surface area contributed by atoms with E-state index in [1.54, 1.807) is 0 Å². The Balaban J connectivity index is 1.75. The summed E-state index contributed by atoms with van der Waals surface area (Å²) in [6.07, 6.45) is 8.80. The van der Waals surface area contributed by atoms with Crippen molar-refractivity contribution in [2.45, 2.75) is 44.2 Å². The van der Waals surface area contributed by atoms with Crippen LogP contribution in [0.15, 0.2) is 37.1 Å². The van der Waals surface area contributed by atoms with Crippen LogP contribution in [0.5, 0.6) is 0 Å². The molecule has 1 spiro atoms. The third-order valence-electron chi connectivity index (χ3n) is 4.96. The zero-order valence-corrected chi connectivity index (χ0v) is 13.2. The Morgan fingerprint density at radius 2 is 2.18 bits per heavy atom. The van der Waals surface area contributed by atoms with Crippen LogP contribution in [0.4, 0.5) is 0 Å². The quantitative estimate of drug-likeness (QED) is 0.802. The van der Waals surface area contributed by atoms with Crippen molar-refractivity contribution in [2.75, 3.05) is 19.6 Å². The Bertz CT molecular complexity index is 526. The van der Waals surface area contributed by atoms with Gasteiger partial charge in [0.15, 0.2) is 0 Å². The first-order chi connectivity index (χ1) is 10.7. The summed E-state index contributed by atoms with van der Waals surface area (Å²) in [5, 5.41) is 0. The topological polar surface area (TPSA) is 36.4 Å². The Labute approximate surface area is 132 Å². The maximum absolute atomic E-state index is 12.4. The second-order valence-corrected chi connectivity index (χ2v) is 6.51. The fraction of sp³-hybridized carbons (Fsp3) is 0.556. The Hall–Kier alpha value is -1.68. The van der Waals surface area contributed by atoms with Crippen molar-refractivity contribution in [3.8, 4) is 0 Å². The molecule has 4 heteroatoms. The second-order valence-electron chi connectivity index (χ2n) is 6.51. The fourth-order valence-electron chi connectivity index (χ4n) is 4.01. The van der Waals surface area contributed by atoms with E-state index in [2.05, 4.69) is 27.4 Å². The molecule has 1 aromatic heterocycles. The highest BCUT2D eigenvalue weighted by Gasteiger charge is 2.44. The van der Waals surface area contributed by atoms with Crippen LogP contribution >= 0.6 is 0 Å². The largest absolute Gasteiger partial charge is 0.332 e. The molecule has 118 valence electrons. The highest BCUT2D eigenvalue weighted by atomic mass is 16.2. The second kappa shape index (κ2) is 6.61. The molecule has 3 heterocycles. The van der Waals surface area contributed by atoms with Crippen molar-refractivity contribution < 1.29 is 4.79 Å². The number of hydrogen-bond donors (Lipinski definition) is 0. The van der Waals surface area contributed by atoms with Crippen LogP contribution in [0.3, 0.4) is 0 Å². The smallest absolute Gasteiger partial charge is 0.223 e. The molecule has 22 heavy (non-hydrogen) atoms. The monoisotopic (exact) mass is 299 g/mol. The number of pyridine rings is 1. The predicted octanol–water partition coefficient (Wildman–Crippen LogP) is 2.61. The molecule has 0 aromatic carbocycles. The number of carbonyl (C=O) groups is 1. The molecule has 0 bridgehead atoms. The summed E-state index contributed by atoms with van der Waals surface area (Å²) in [6.45, 7) is 7.44. The lowest BCUT2D eigenvalue weighted by atomic mass is 9.79. The van der Waals surface area contributed by atoms with Gasteiger partial charge in [0.1, 0.15) is 0 Å². The SMILES string of the molecule is C=CCN1C(=O)CCC[C@]12CCCN(Cc1ccccn1)C2. The van der Waals surface area contributed by atoms with Gasteiger partial charge in [0.05, 0.1) is 11.2 Å². The van der Waals surface area contributed by atoms with Gasteiger partial charge in [-0.3, -0.25) is 14.7 Å². The number of likely N-dealkylation sites (tertiary alicyclic amines) is 2. The van der Waals surface area contributed by atoms with Gasteiger partial charge in [-0.15, -0.1) is 6.58 Å². The van der Waals surface area contributed by atoms with Crippen LogP contribution in [-0.2, 0) is 11.3 Å². The van der Waals surface area contributed by atoms with Crippen molar-refractivity contribution in [3.63, 3.8) is 0 Å². The van der Waals surface area contributed by atoms with Gasteiger partial charge >= 0.3 is 0 Å². The lowest BCUT2D eigenvalue weighted by Gasteiger charge is -2.52. The Morgan fingerprint density at radius 3 is 2.95 bits per heavy atom. The number of carbonyl (C=O) groups excluding carboxylic acids is 1. The van der Waals surface area contributed by atoms with Crippen molar-refractivity contribution in [1.82, 2.24) is 14.8 Å². The number of hydrogen-bond acceptors (Lipinski definition) is 3. The van der Waals surface area contributed by atoms with Gasteiger partial charge in [0.2, 0.25) is 5.91 Å². The van der Waals surface area contributed by atoms with Crippen LogP contribution in [-0.4, -0.2) is 45.9 Å². The number of amides is 1. The van der Waals surface area contributed by atoms with Crippen LogP contribution in [0, 0.1) is 0 Å². The summed E-state index contributed by atoms with van der Waals surface area (Å²) >= 11 is 0. The van der Waals surface area contributed by atoms with E-state index >= 15 is 0 Å². The molecule has 0 saturated carbocycles. The molecule has 1 amide bonds. The molecule has 0 radical (unpaired) electrons. The highest BCUT2D eigenvalue weighted by molar-refractivity contribution is 5.78. The van der Waals surface area contributed by atoms with E-state index in [0.717, 1.165) is 51.0 Å². The van der Waals surface area contributed by atoms with Gasteiger partial charge in [0.25, 0.3) is 0 Å². The molecule has 0 N–H and O–H groups in total. The fourth-order valence-corrected chi connectivity index (χ4v) is 4.01. The first kappa shape index (κ1) is 15.2. The zero-order chi connectivity index (χ0) is 15.4. The summed E-state index contributed by atoms with van der Waals surface area (Å²) in [6, 6.07) is 6.07. The number of piperidine rings is 2. The van der Waals surface area contributed by atoms with E-state index in [4.69, 9.17) is 0 Å². The van der Waals surface area contributed by atoms with Crippen LogP contribution in [0.2, 0.25) is 0 Å². The summed E-state index contributed by atoms with van der Waals surface area (Å²) in [4.78, 5) is 21.4. The molecular weight excluding hydrogens is 274 g/mol. The first-order valence-electron chi connectivity index (χ1n) is 8.27. The molecule has 0 aliphatic carbocycles. The van der Waals surface area contributed by atoms with Gasteiger partial charge in [-0.2, -0.15) is 0 Å². The van der Waals surface area contributed by atoms with Crippen LogP contribution in [0.1, 0.15) is 37.8 Å². The predicted molar refractivity (Wildman–Crippen MR) is 87.2 cm³/mol. The lowest BCUT2D eigenvalue weighted by molar-refractivity contribution is -0.144. The maximum atomic E-state index is 12.4. The Morgan fingerprint density at radius 1 is 1.32 bits per heavy atom. The third-order valence-corrected chi connectivity index (χ3v) is 4.96. The van der Waals surface area contributed by atoms with Crippen LogP contribution < -0.4 is 0 Å². The first-order valence-corrected chi connectivity index (χ1v) is 8.27. The molecular formula is C18H25N3O. The minimum Gasteiger partial charge on any atom is -0.332 e. The minimum absolute atomic E-state index is 0.0105. The van der Waals surface area contributed by atoms with Crippen molar-refractivity contribution in [1.29, 1.82) is 0 Å². The standard InChI is InChI=1S/C18H25N3O/c1-2-12-21-17(22)8-5-9-18(21)10-6-13-20(15-18)14-16-7-3-4-11-19-16/h2-4,7,11H,1,5-6,8-10,12-15H2/t18-/m1/s1. The maximum Gasteiger partial charge on any atom is 0.223 e. The van der Waals surface area contributed by atoms with E-state index in [9.17, 15) is 4.79 Å². The van der Waals surface area contributed by atoms with Crippen molar-refractivity contribution in [3.05, 3.63) is 42.7 Å². The number of aromatic nitrogens is 1. The highest BCUT2D eigenvalue weighted by Crippen LogP contribution is 2.36. The molecule has 4 nitrogen and oxygen atoms in total. The number of rotatable bonds is 4. The average Bonchev–Trinajstić information content (AvgIpc) is 2.53. The summed E-state index contributed by atoms with van der Waals surface area (Å²) in [7, 11) is 0. The molecule has 2 fully saturated rings. The van der Waals surface area contributed by atoms with Gasteiger partial charge < -0.3 is 4.90 Å². The van der Waals surface area contributed by atoms with Gasteiger partial charge in [-0.1, -0.05) is 12.1 Å². The molecule has 2 saturated heterocycles. The van der Waals surface area contributed by atoms with E-state index in [1.807, 2.05) is 24.4 Å². The van der Waals surface area contributed by atoms with E-state index in [-0.39, 0.29) is 5.54 Å². The molecule has 2 aliphatic heterocycles. The molecule has 1 atom stereocenters. The Kier molecular flexibility index (Phi) is 4.57. The molecule has 0 unspecified atom stereocenters. The normalized spacial score (nSPS) is 26.4. The molecule has 2 aliphatic rings. The van der Waals surface area contributed by atoms with Crippen molar-refractivity contribution >= 4 is 5.91 Å². The van der Waals surface area contributed by atoms with Crippen LogP contribution in [0.25, 0.3) is 0 Å². The summed E-state index contributed by atoms with van der Waals surface area (Å²) < 4.78 is 0. The van der Waals surface area contributed by atoms with Gasteiger partial charge in [-0.25, -0.2) is 0 Å². The zero-order valence-electron chi connectivity index (χ0n) is 13.2. The average molecular weight is 299 g/mol. The molecule has 1 aromatic rings. The van der Waals surface area contributed by atoms with E-state index in [0.29, 0.717) is 18.9 Å².